The van der Waals surface area contributed by atoms with Gasteiger partial charge in [-0.2, -0.15) is 19.9 Å². The summed E-state index contributed by atoms with van der Waals surface area (Å²) in [5, 5.41) is 0. The van der Waals surface area contributed by atoms with Gasteiger partial charge < -0.3 is 38.2 Å². The fourth-order valence-corrected chi connectivity index (χ4v) is 5.75. The smallest absolute Gasteiger partial charge is 0.319 e. The summed E-state index contributed by atoms with van der Waals surface area (Å²) in [7, 11) is 0. The van der Waals surface area contributed by atoms with Gasteiger partial charge in [0.2, 0.25) is 0 Å². The number of fused-ring (bicyclic) bond motifs is 1. The van der Waals surface area contributed by atoms with E-state index in [0.29, 0.717) is 49.5 Å². The Hall–Kier alpha value is -2.54. The largest absolute Gasteiger partial charge is 0.461 e. The van der Waals surface area contributed by atoms with Crippen LogP contribution in [-0.4, -0.2) is 96.3 Å². The molecule has 0 saturated carbocycles. The van der Waals surface area contributed by atoms with E-state index in [1.165, 1.54) is 12.8 Å². The molecule has 220 valence electrons. The molecule has 0 N–H and O–H groups in total. The van der Waals surface area contributed by atoms with Crippen molar-refractivity contribution < 1.29 is 28.4 Å². The van der Waals surface area contributed by atoms with Crippen molar-refractivity contribution in [1.29, 1.82) is 0 Å². The molecule has 2 aromatic heterocycles. The molecule has 2 unspecified atom stereocenters. The van der Waals surface area contributed by atoms with Gasteiger partial charge in [0.1, 0.15) is 36.5 Å². The standard InChI is InChI=1S/C28H42N6O6/c1-27(2)37-17-19(39-27)15-35-25-29-21-22(23(31-25)33-11-7-5-8-12-33)30-26(32-24(21)34-13-9-6-10-14-34)36-16-20-18-38-28(3,4)40-20/h19-20H,5-18H2,1-4H3. The van der Waals surface area contributed by atoms with E-state index in [1.54, 1.807) is 0 Å². The molecule has 4 fully saturated rings. The van der Waals surface area contributed by atoms with E-state index >= 15 is 0 Å². The van der Waals surface area contributed by atoms with Gasteiger partial charge >= 0.3 is 12.0 Å². The van der Waals surface area contributed by atoms with Gasteiger partial charge in [-0.15, -0.1) is 0 Å². The zero-order valence-electron chi connectivity index (χ0n) is 24.2. The van der Waals surface area contributed by atoms with Crippen LogP contribution in [0, 0.1) is 0 Å². The maximum Gasteiger partial charge on any atom is 0.319 e. The molecule has 4 aliphatic rings. The van der Waals surface area contributed by atoms with Crippen molar-refractivity contribution >= 4 is 22.7 Å². The number of anilines is 2. The maximum atomic E-state index is 6.14. The lowest BCUT2D eigenvalue weighted by Crippen LogP contribution is -2.33. The van der Waals surface area contributed by atoms with Crippen LogP contribution in [0.25, 0.3) is 11.0 Å². The molecule has 0 bridgehead atoms. The van der Waals surface area contributed by atoms with Crippen LogP contribution in [0.5, 0.6) is 12.0 Å². The Bertz CT molecular complexity index is 1090. The van der Waals surface area contributed by atoms with Crippen molar-refractivity contribution in [3.05, 3.63) is 0 Å². The molecule has 6 heterocycles. The molecule has 12 heteroatoms. The zero-order valence-corrected chi connectivity index (χ0v) is 24.2. The Kier molecular flexibility index (Phi) is 7.86. The quantitative estimate of drug-likeness (QED) is 0.473. The molecule has 40 heavy (non-hydrogen) atoms. The summed E-state index contributed by atoms with van der Waals surface area (Å²) in [6, 6.07) is 0.603. The van der Waals surface area contributed by atoms with Gasteiger partial charge in [0.05, 0.1) is 13.2 Å². The Balaban J connectivity index is 1.35. The van der Waals surface area contributed by atoms with Crippen molar-refractivity contribution in [3.63, 3.8) is 0 Å². The molecular weight excluding hydrogens is 516 g/mol. The summed E-state index contributed by atoms with van der Waals surface area (Å²) in [5.74, 6) is 0.286. The summed E-state index contributed by atoms with van der Waals surface area (Å²) in [6.07, 6.45) is 6.46. The van der Waals surface area contributed by atoms with Crippen LogP contribution in [0.3, 0.4) is 0 Å². The first-order chi connectivity index (χ1) is 19.2. The van der Waals surface area contributed by atoms with E-state index in [-0.39, 0.29) is 12.2 Å². The number of aromatic nitrogens is 4. The first kappa shape index (κ1) is 27.6. The van der Waals surface area contributed by atoms with Crippen molar-refractivity contribution in [2.45, 2.75) is 90.0 Å². The van der Waals surface area contributed by atoms with Gasteiger partial charge in [-0.05, 0) is 66.2 Å². The molecule has 0 amide bonds. The molecule has 0 aromatic carbocycles. The number of hydrogen-bond donors (Lipinski definition) is 0. The number of nitrogens with zero attached hydrogens (tertiary/aromatic N) is 6. The van der Waals surface area contributed by atoms with Crippen molar-refractivity contribution in [3.8, 4) is 12.0 Å². The summed E-state index contributed by atoms with van der Waals surface area (Å²) < 4.78 is 35.6. The third-order valence-electron chi connectivity index (χ3n) is 7.71. The van der Waals surface area contributed by atoms with Gasteiger partial charge in [0.25, 0.3) is 0 Å². The number of piperidine rings is 2. The average Bonchev–Trinajstić information content (AvgIpc) is 3.50. The minimum Gasteiger partial charge on any atom is -0.461 e. The Morgan fingerprint density at radius 3 is 1.38 bits per heavy atom. The second-order valence-electron chi connectivity index (χ2n) is 12.0. The SMILES string of the molecule is CC1(C)OCC(COc2nc(N3CCCCC3)c3nc(OCC4COC(C)(C)O4)nc(N4CCCCC4)c3n2)O1. The Labute approximate surface area is 235 Å². The van der Waals surface area contributed by atoms with Crippen molar-refractivity contribution in [1.82, 2.24) is 19.9 Å². The monoisotopic (exact) mass is 558 g/mol. The van der Waals surface area contributed by atoms with Crippen LogP contribution < -0.4 is 19.3 Å². The van der Waals surface area contributed by atoms with Crippen LogP contribution in [-0.2, 0) is 18.9 Å². The predicted molar refractivity (Wildman–Crippen MR) is 148 cm³/mol. The minimum absolute atomic E-state index is 0.187. The van der Waals surface area contributed by atoms with Gasteiger partial charge in [-0.25, -0.2) is 0 Å². The van der Waals surface area contributed by atoms with E-state index < -0.39 is 11.6 Å². The van der Waals surface area contributed by atoms with E-state index in [2.05, 4.69) is 9.80 Å². The molecule has 2 atom stereocenters. The highest BCUT2D eigenvalue weighted by atomic mass is 16.8. The summed E-state index contributed by atoms with van der Waals surface area (Å²) in [6.45, 7) is 12.8. The van der Waals surface area contributed by atoms with Gasteiger partial charge in [-0.1, -0.05) is 0 Å². The number of hydrogen-bond acceptors (Lipinski definition) is 12. The first-order valence-corrected chi connectivity index (χ1v) is 14.7. The molecule has 0 spiro atoms. The fourth-order valence-electron chi connectivity index (χ4n) is 5.75. The summed E-state index contributed by atoms with van der Waals surface area (Å²) in [4.78, 5) is 24.1. The maximum absolute atomic E-state index is 6.14. The van der Waals surface area contributed by atoms with E-state index in [4.69, 9.17) is 48.4 Å². The third kappa shape index (κ3) is 6.35. The number of ether oxygens (including phenoxy) is 6. The van der Waals surface area contributed by atoms with E-state index in [0.717, 1.165) is 63.5 Å². The highest BCUT2D eigenvalue weighted by Gasteiger charge is 2.35. The van der Waals surface area contributed by atoms with Crippen LogP contribution in [0.4, 0.5) is 11.6 Å². The third-order valence-corrected chi connectivity index (χ3v) is 7.71. The first-order valence-electron chi connectivity index (χ1n) is 14.7. The molecule has 12 nitrogen and oxygen atoms in total. The second-order valence-corrected chi connectivity index (χ2v) is 12.0. The zero-order chi connectivity index (χ0) is 27.7. The molecule has 0 aliphatic carbocycles. The lowest BCUT2D eigenvalue weighted by molar-refractivity contribution is -0.142. The molecule has 4 saturated heterocycles. The molecule has 4 aliphatic heterocycles. The topological polar surface area (TPSA) is 113 Å². The predicted octanol–water partition coefficient (Wildman–Crippen LogP) is 3.46. The van der Waals surface area contributed by atoms with E-state index in [9.17, 15) is 0 Å². The van der Waals surface area contributed by atoms with Crippen LogP contribution >= 0.6 is 0 Å². The molecule has 0 radical (unpaired) electrons. The fraction of sp³-hybridized carbons (Fsp3) is 0.786. The molecular formula is C28H42N6O6. The van der Waals surface area contributed by atoms with Crippen LogP contribution in [0.15, 0.2) is 0 Å². The minimum atomic E-state index is -0.617. The molecule has 6 rings (SSSR count). The van der Waals surface area contributed by atoms with Crippen molar-refractivity contribution in [2.75, 3.05) is 62.4 Å². The lowest BCUT2D eigenvalue weighted by atomic mass is 10.1. The van der Waals surface area contributed by atoms with Crippen LogP contribution in [0.1, 0.15) is 66.2 Å². The van der Waals surface area contributed by atoms with E-state index in [1.807, 2.05) is 27.7 Å². The lowest BCUT2D eigenvalue weighted by Gasteiger charge is -2.31. The highest BCUT2D eigenvalue weighted by Crippen LogP contribution is 2.35. The summed E-state index contributed by atoms with van der Waals surface area (Å²) >= 11 is 0. The van der Waals surface area contributed by atoms with Gasteiger partial charge in [0, 0.05) is 26.2 Å². The Morgan fingerprint density at radius 2 is 1.02 bits per heavy atom. The normalized spacial score (nSPS) is 26.4. The van der Waals surface area contributed by atoms with Gasteiger partial charge in [0.15, 0.2) is 23.2 Å². The Morgan fingerprint density at radius 1 is 0.625 bits per heavy atom. The van der Waals surface area contributed by atoms with Crippen LogP contribution in [0.2, 0.25) is 0 Å². The van der Waals surface area contributed by atoms with Gasteiger partial charge in [-0.3, -0.25) is 0 Å². The van der Waals surface area contributed by atoms with Crippen molar-refractivity contribution in [2.24, 2.45) is 0 Å². The molecule has 2 aromatic rings. The number of rotatable bonds is 8. The average molecular weight is 559 g/mol. The highest BCUT2D eigenvalue weighted by molar-refractivity contribution is 5.94. The summed E-state index contributed by atoms with van der Waals surface area (Å²) in [5.41, 5.74) is 1.37. The second kappa shape index (κ2) is 11.4.